The summed E-state index contributed by atoms with van der Waals surface area (Å²) in [7, 11) is 0. The predicted molar refractivity (Wildman–Crippen MR) is 40.3 cm³/mol. The van der Waals surface area contributed by atoms with E-state index in [0.717, 1.165) is 6.29 Å². The highest BCUT2D eigenvalue weighted by molar-refractivity contribution is 5.74. The second-order valence-electron chi connectivity index (χ2n) is 2.31. The summed E-state index contributed by atoms with van der Waals surface area (Å²) in [6.45, 7) is 1.61. The lowest BCUT2D eigenvalue weighted by Crippen LogP contribution is -1.95. The van der Waals surface area contributed by atoms with Gasteiger partial charge in [-0.2, -0.15) is 0 Å². The number of nitrogens with zero attached hydrogens (tertiary/aromatic N) is 1. The van der Waals surface area contributed by atoms with Crippen LogP contribution in [0.3, 0.4) is 0 Å². The van der Waals surface area contributed by atoms with Crippen LogP contribution in [0.2, 0.25) is 0 Å². The average molecular weight is 151 g/mol. The van der Waals surface area contributed by atoms with Gasteiger partial charge in [0, 0.05) is 11.8 Å². The summed E-state index contributed by atoms with van der Waals surface area (Å²) < 4.78 is 0. The minimum absolute atomic E-state index is 0.523. The van der Waals surface area contributed by atoms with Crippen LogP contribution in [0.5, 0.6) is 0 Å². The predicted octanol–water partition coefficient (Wildman–Crippen LogP) is 0.947. The van der Waals surface area contributed by atoms with E-state index in [1.165, 1.54) is 6.20 Å². The zero-order chi connectivity index (χ0) is 8.27. The first-order valence-electron chi connectivity index (χ1n) is 3.33. The largest absolute Gasteiger partial charge is 0.387 e. The second-order valence-corrected chi connectivity index (χ2v) is 2.31. The first kappa shape index (κ1) is 7.88. The molecule has 0 aromatic carbocycles. The molecular weight excluding hydrogens is 142 g/mol. The zero-order valence-electron chi connectivity index (χ0n) is 6.19. The minimum atomic E-state index is -0.616. The Labute approximate surface area is 64.7 Å². The van der Waals surface area contributed by atoms with E-state index in [2.05, 4.69) is 4.98 Å². The van der Waals surface area contributed by atoms with Crippen LogP contribution in [-0.2, 0) is 0 Å². The van der Waals surface area contributed by atoms with Crippen LogP contribution in [0.25, 0.3) is 0 Å². The molecule has 58 valence electrons. The summed E-state index contributed by atoms with van der Waals surface area (Å²) in [5, 5.41) is 9.07. The maximum atomic E-state index is 10.3. The van der Waals surface area contributed by atoms with Gasteiger partial charge in [-0.15, -0.1) is 0 Å². The monoisotopic (exact) mass is 151 g/mol. The molecule has 3 heteroatoms. The van der Waals surface area contributed by atoms with Gasteiger partial charge in [0.25, 0.3) is 0 Å². The van der Waals surface area contributed by atoms with Crippen molar-refractivity contribution in [3.63, 3.8) is 0 Å². The smallest absolute Gasteiger partial charge is 0.150 e. The zero-order valence-corrected chi connectivity index (χ0v) is 6.19. The maximum Gasteiger partial charge on any atom is 0.150 e. The first-order valence-corrected chi connectivity index (χ1v) is 3.33. The number of carbonyl (C=O) groups is 1. The van der Waals surface area contributed by atoms with E-state index in [4.69, 9.17) is 5.11 Å². The molecule has 0 bridgehead atoms. The molecule has 0 aliphatic carbocycles. The number of aromatic nitrogens is 1. The van der Waals surface area contributed by atoms with Gasteiger partial charge in [-0.3, -0.25) is 9.78 Å². The maximum absolute atomic E-state index is 10.3. The fraction of sp³-hybridized carbons (Fsp3) is 0.250. The van der Waals surface area contributed by atoms with Crippen LogP contribution in [0.15, 0.2) is 18.3 Å². The summed E-state index contributed by atoms with van der Waals surface area (Å²) in [5.74, 6) is 0. The van der Waals surface area contributed by atoms with Gasteiger partial charge in [-0.1, -0.05) is 0 Å². The van der Waals surface area contributed by atoms with E-state index >= 15 is 0 Å². The van der Waals surface area contributed by atoms with Gasteiger partial charge >= 0.3 is 0 Å². The van der Waals surface area contributed by atoms with Crippen molar-refractivity contribution < 1.29 is 9.90 Å². The molecule has 0 saturated heterocycles. The van der Waals surface area contributed by atoms with Crippen LogP contribution >= 0.6 is 0 Å². The van der Waals surface area contributed by atoms with Crippen molar-refractivity contribution >= 4 is 6.29 Å². The van der Waals surface area contributed by atoms with Crippen molar-refractivity contribution in [2.75, 3.05) is 0 Å². The number of aliphatic hydroxyl groups is 1. The second kappa shape index (κ2) is 3.25. The highest BCUT2D eigenvalue weighted by Crippen LogP contribution is 2.08. The molecule has 1 atom stereocenters. The Kier molecular flexibility index (Phi) is 2.33. The van der Waals surface area contributed by atoms with Crippen molar-refractivity contribution in [3.05, 3.63) is 29.6 Å². The number of rotatable bonds is 2. The van der Waals surface area contributed by atoms with Gasteiger partial charge in [0.15, 0.2) is 0 Å². The fourth-order valence-corrected chi connectivity index (χ4v) is 0.767. The summed E-state index contributed by atoms with van der Waals surface area (Å²) in [5.41, 5.74) is 1.06. The fourth-order valence-electron chi connectivity index (χ4n) is 0.767. The van der Waals surface area contributed by atoms with Crippen molar-refractivity contribution in [2.45, 2.75) is 13.0 Å². The molecule has 11 heavy (non-hydrogen) atoms. The Morgan fingerprint density at radius 3 is 3.00 bits per heavy atom. The summed E-state index contributed by atoms with van der Waals surface area (Å²) in [6.07, 6.45) is 1.62. The van der Waals surface area contributed by atoms with Crippen LogP contribution in [0, 0.1) is 0 Å². The van der Waals surface area contributed by atoms with Crippen molar-refractivity contribution in [3.8, 4) is 0 Å². The molecule has 1 aromatic heterocycles. The first-order chi connectivity index (χ1) is 5.24. The lowest BCUT2D eigenvalue weighted by molar-refractivity contribution is 0.112. The average Bonchev–Trinajstić information content (AvgIpc) is 2.05. The topological polar surface area (TPSA) is 50.2 Å². The molecule has 1 unspecified atom stereocenters. The SMILES string of the molecule is CC(O)c1cc(C=O)ccn1. The molecule has 0 spiro atoms. The van der Waals surface area contributed by atoms with E-state index in [-0.39, 0.29) is 0 Å². The molecule has 1 heterocycles. The minimum Gasteiger partial charge on any atom is -0.387 e. The summed E-state index contributed by atoms with van der Waals surface area (Å²) in [6, 6.07) is 3.16. The van der Waals surface area contributed by atoms with Crippen LogP contribution in [-0.4, -0.2) is 16.4 Å². The lowest BCUT2D eigenvalue weighted by Gasteiger charge is -2.01. The number of pyridine rings is 1. The van der Waals surface area contributed by atoms with E-state index in [0.29, 0.717) is 11.3 Å². The van der Waals surface area contributed by atoms with Gasteiger partial charge in [-0.05, 0) is 19.1 Å². The van der Waals surface area contributed by atoms with Crippen molar-refractivity contribution in [2.24, 2.45) is 0 Å². The van der Waals surface area contributed by atoms with Crippen molar-refractivity contribution in [1.82, 2.24) is 4.98 Å². The van der Waals surface area contributed by atoms with E-state index < -0.39 is 6.10 Å². The van der Waals surface area contributed by atoms with Crippen LogP contribution < -0.4 is 0 Å². The van der Waals surface area contributed by atoms with Gasteiger partial charge < -0.3 is 5.11 Å². The summed E-state index contributed by atoms with van der Waals surface area (Å²) in [4.78, 5) is 14.1. The molecule has 1 aromatic rings. The number of hydrogen-bond acceptors (Lipinski definition) is 3. The van der Waals surface area contributed by atoms with Crippen LogP contribution in [0.4, 0.5) is 0 Å². The molecule has 3 nitrogen and oxygen atoms in total. The number of hydrogen-bond donors (Lipinski definition) is 1. The molecular formula is C8H9NO2. The van der Waals surface area contributed by atoms with E-state index in [1.54, 1.807) is 19.1 Å². The normalized spacial score (nSPS) is 12.5. The van der Waals surface area contributed by atoms with E-state index in [1.807, 2.05) is 0 Å². The lowest BCUT2D eigenvalue weighted by atomic mass is 10.2. The van der Waals surface area contributed by atoms with Gasteiger partial charge in [0.1, 0.15) is 6.29 Å². The summed E-state index contributed by atoms with van der Waals surface area (Å²) >= 11 is 0. The third kappa shape index (κ3) is 1.85. The molecule has 0 saturated carbocycles. The molecule has 1 rings (SSSR count). The Morgan fingerprint density at radius 2 is 2.45 bits per heavy atom. The molecule has 1 N–H and O–H groups in total. The highest BCUT2D eigenvalue weighted by Gasteiger charge is 2.01. The molecule has 0 amide bonds. The third-order valence-corrected chi connectivity index (χ3v) is 1.37. The number of carbonyl (C=O) groups excluding carboxylic acids is 1. The number of aliphatic hydroxyl groups excluding tert-OH is 1. The number of aldehydes is 1. The van der Waals surface area contributed by atoms with Gasteiger partial charge in [0.2, 0.25) is 0 Å². The Morgan fingerprint density at radius 1 is 1.73 bits per heavy atom. The third-order valence-electron chi connectivity index (χ3n) is 1.37. The molecule has 0 aliphatic rings. The highest BCUT2D eigenvalue weighted by atomic mass is 16.3. The Hall–Kier alpha value is -1.22. The Bertz CT molecular complexity index is 258. The van der Waals surface area contributed by atoms with Crippen molar-refractivity contribution in [1.29, 1.82) is 0 Å². The quantitative estimate of drug-likeness (QED) is 0.640. The standard InChI is InChI=1S/C8H9NO2/c1-6(11)8-4-7(5-10)2-3-9-8/h2-6,11H,1H3. The Balaban J connectivity index is 3.00. The molecule has 0 fully saturated rings. The van der Waals surface area contributed by atoms with E-state index in [9.17, 15) is 4.79 Å². The molecule has 0 radical (unpaired) electrons. The van der Waals surface area contributed by atoms with Crippen LogP contribution in [0.1, 0.15) is 29.1 Å². The van der Waals surface area contributed by atoms with Gasteiger partial charge in [-0.25, -0.2) is 0 Å². The molecule has 0 aliphatic heterocycles. The van der Waals surface area contributed by atoms with Gasteiger partial charge in [0.05, 0.1) is 11.8 Å².